The fourth-order valence-corrected chi connectivity index (χ4v) is 1.92. The topological polar surface area (TPSA) is 93.7 Å². The van der Waals surface area contributed by atoms with Crippen molar-refractivity contribution in [2.24, 2.45) is 20.4 Å². The summed E-state index contributed by atoms with van der Waals surface area (Å²) in [6, 6.07) is 5.91. The molecule has 0 aliphatic heterocycles. The van der Waals surface area contributed by atoms with Crippen LogP contribution < -0.4 is 10.6 Å². The number of nitrogens with zero attached hydrogens (tertiary/aromatic N) is 4. The normalized spacial score (nSPS) is 13.8. The van der Waals surface area contributed by atoms with Crippen molar-refractivity contribution in [1.82, 2.24) is 10.6 Å². The predicted molar refractivity (Wildman–Crippen MR) is 105 cm³/mol. The summed E-state index contributed by atoms with van der Waals surface area (Å²) in [5, 5.41) is 29.1. The van der Waals surface area contributed by atoms with Gasteiger partial charge in [0, 0.05) is 12.1 Å². The second kappa shape index (κ2) is 12.5. The van der Waals surface area contributed by atoms with E-state index < -0.39 is 17.9 Å². The van der Waals surface area contributed by atoms with Crippen LogP contribution in [0, 0.1) is 0 Å². The number of nitrogens with one attached hydrogen (secondary N) is 2. The van der Waals surface area contributed by atoms with E-state index in [-0.39, 0.29) is 33.7 Å². The van der Waals surface area contributed by atoms with Gasteiger partial charge in [-0.3, -0.25) is 0 Å². The minimum atomic E-state index is -4.43. The molecule has 1 rings (SSSR count). The van der Waals surface area contributed by atoms with Crippen LogP contribution in [0.5, 0.6) is 5.75 Å². The van der Waals surface area contributed by atoms with Gasteiger partial charge in [-0.15, -0.1) is 5.10 Å². The van der Waals surface area contributed by atoms with Gasteiger partial charge in [0.05, 0.1) is 5.71 Å². The molecule has 0 aliphatic rings. The first kappa shape index (κ1) is 26.0. The summed E-state index contributed by atoms with van der Waals surface area (Å²) in [7, 11) is 0. The number of amidine groups is 2. The van der Waals surface area contributed by atoms with Crippen molar-refractivity contribution in [1.29, 1.82) is 0 Å². The van der Waals surface area contributed by atoms with Crippen LogP contribution in [0.1, 0.15) is 19.4 Å². The second-order valence-corrected chi connectivity index (χ2v) is 5.76. The summed E-state index contributed by atoms with van der Waals surface area (Å²) in [5.41, 5.74) is 0.999. The first-order chi connectivity index (χ1) is 12.6. The molecule has 0 saturated heterocycles. The zero-order chi connectivity index (χ0) is 20.4. The minimum absolute atomic E-state index is 0. The van der Waals surface area contributed by atoms with Crippen molar-refractivity contribution in [3.63, 3.8) is 0 Å². The molecule has 7 nitrogen and oxygen atoms in total. The van der Waals surface area contributed by atoms with E-state index in [2.05, 4.69) is 25.7 Å². The van der Waals surface area contributed by atoms with Gasteiger partial charge >= 0.3 is 23.2 Å². The molecule has 0 unspecified atom stereocenters. The average Bonchev–Trinajstić information content (AvgIpc) is 2.59. The molecule has 1 aromatic carbocycles. The Morgan fingerprint density at radius 1 is 1.00 bits per heavy atom. The molecule has 13 heteroatoms. The molecule has 3 N–H and O–H groups in total. The zero-order valence-corrected chi connectivity index (χ0v) is 17.3. The molecule has 0 saturated carbocycles. The van der Waals surface area contributed by atoms with Crippen LogP contribution in [0.2, 0.25) is 0 Å². The molecule has 0 atom stereocenters. The molecule has 0 heterocycles. The number of hydrogen-bond acceptors (Lipinski definition) is 7. The SMILES string of the molecule is CCNC([S-])=NN=C(C)C(=NN=C([S-])NCC(F)(F)F)c1ccc(O)cc1.[Cu+2]. The molecular weight excluding hydrogens is 465 g/mol. The first-order valence-electron chi connectivity index (χ1n) is 7.58. The fraction of sp³-hybridized carbons (Fsp3) is 0.333. The molecule has 157 valence electrons. The van der Waals surface area contributed by atoms with Gasteiger partial charge in [-0.05, 0) is 48.4 Å². The summed E-state index contributed by atoms with van der Waals surface area (Å²) in [6.07, 6.45) is -4.43. The van der Waals surface area contributed by atoms with Crippen molar-refractivity contribution < 1.29 is 35.3 Å². The zero-order valence-electron chi connectivity index (χ0n) is 14.7. The predicted octanol–water partition coefficient (Wildman–Crippen LogP) is 2.04. The largest absolute Gasteiger partial charge is 2.00 e. The molecule has 0 aliphatic carbocycles. The van der Waals surface area contributed by atoms with Gasteiger partial charge in [0.1, 0.15) is 18.0 Å². The Morgan fingerprint density at radius 2 is 1.54 bits per heavy atom. The molecule has 1 radical (unpaired) electrons. The molecular formula is C15H17CuF3N6OS2. The Kier molecular flexibility index (Phi) is 11.6. The third-order valence-electron chi connectivity index (χ3n) is 2.78. The Labute approximate surface area is 182 Å². The number of aromatic hydroxyl groups is 1. The van der Waals surface area contributed by atoms with E-state index in [0.29, 0.717) is 17.8 Å². The minimum Gasteiger partial charge on any atom is -0.741 e. The van der Waals surface area contributed by atoms with Crippen molar-refractivity contribution >= 4 is 47.0 Å². The number of phenolic OH excluding ortho intramolecular Hbond substituents is 1. The van der Waals surface area contributed by atoms with E-state index in [1.54, 1.807) is 6.92 Å². The van der Waals surface area contributed by atoms with Gasteiger partial charge in [0.25, 0.3) is 0 Å². The maximum atomic E-state index is 12.2. The van der Waals surface area contributed by atoms with E-state index in [4.69, 9.17) is 25.3 Å². The second-order valence-electron chi connectivity index (χ2n) is 4.99. The van der Waals surface area contributed by atoms with Crippen molar-refractivity contribution in [3.8, 4) is 5.75 Å². The molecule has 0 aromatic heterocycles. The molecule has 1 aromatic rings. The Bertz CT molecular complexity index is 751. The van der Waals surface area contributed by atoms with Crippen LogP contribution in [-0.4, -0.2) is 46.1 Å². The molecule has 0 spiro atoms. The number of phenols is 1. The van der Waals surface area contributed by atoms with Crippen LogP contribution in [0.3, 0.4) is 0 Å². The molecule has 0 fully saturated rings. The number of alkyl halides is 3. The van der Waals surface area contributed by atoms with Gasteiger partial charge in [0.2, 0.25) is 0 Å². The molecule has 0 bridgehead atoms. The third kappa shape index (κ3) is 10.4. The van der Waals surface area contributed by atoms with E-state index >= 15 is 0 Å². The van der Waals surface area contributed by atoms with Crippen molar-refractivity contribution in [2.45, 2.75) is 20.0 Å². The number of rotatable bonds is 6. The Hall–Kier alpha value is -1.95. The maximum Gasteiger partial charge on any atom is 2.00 e. The standard InChI is InChI=1S/C15H19F3N6OS2.Cu/c1-3-19-13(26)23-21-9(2)12(10-4-6-11(25)7-5-10)22-24-14(27)20-8-15(16,17)18;/h4-7,25H,3,8H2,1-2H3,(H2,19,23,26)(H2,20,24,27);/q;+2/p-2. The van der Waals surface area contributed by atoms with Crippen LogP contribution in [-0.2, 0) is 42.3 Å². The number of benzene rings is 1. The van der Waals surface area contributed by atoms with Gasteiger partial charge in [0.15, 0.2) is 0 Å². The van der Waals surface area contributed by atoms with E-state index in [1.807, 2.05) is 12.2 Å². The van der Waals surface area contributed by atoms with Crippen LogP contribution in [0.4, 0.5) is 13.2 Å². The Balaban J connectivity index is 0.00000729. The van der Waals surface area contributed by atoms with E-state index in [0.717, 1.165) is 0 Å². The quantitative estimate of drug-likeness (QED) is 0.190. The van der Waals surface area contributed by atoms with Gasteiger partial charge in [-0.25, -0.2) is 0 Å². The summed E-state index contributed by atoms with van der Waals surface area (Å²) < 4.78 is 36.6. The summed E-state index contributed by atoms with van der Waals surface area (Å²) >= 11 is 9.67. The first-order valence-corrected chi connectivity index (χ1v) is 8.40. The smallest absolute Gasteiger partial charge is 0.741 e. The van der Waals surface area contributed by atoms with Crippen LogP contribution in [0.25, 0.3) is 0 Å². The number of halogens is 3. The van der Waals surface area contributed by atoms with Crippen LogP contribution in [0.15, 0.2) is 44.7 Å². The van der Waals surface area contributed by atoms with Gasteiger partial charge in [-0.1, -0.05) is 0 Å². The summed E-state index contributed by atoms with van der Waals surface area (Å²) in [6.45, 7) is 2.67. The monoisotopic (exact) mass is 481 g/mol. The molecule has 28 heavy (non-hydrogen) atoms. The maximum absolute atomic E-state index is 12.2. The van der Waals surface area contributed by atoms with E-state index in [1.165, 1.54) is 24.3 Å². The van der Waals surface area contributed by atoms with Gasteiger partial charge < -0.3 is 41.0 Å². The average molecular weight is 482 g/mol. The van der Waals surface area contributed by atoms with Crippen molar-refractivity contribution in [2.75, 3.05) is 13.1 Å². The molecule has 0 amide bonds. The van der Waals surface area contributed by atoms with Crippen LogP contribution >= 0.6 is 0 Å². The Morgan fingerprint density at radius 3 is 2.07 bits per heavy atom. The van der Waals surface area contributed by atoms with Crippen molar-refractivity contribution in [3.05, 3.63) is 29.8 Å². The van der Waals surface area contributed by atoms with E-state index in [9.17, 15) is 18.3 Å². The third-order valence-corrected chi connectivity index (χ3v) is 3.24. The summed E-state index contributed by atoms with van der Waals surface area (Å²) in [4.78, 5) is 0. The number of hydrogen-bond donors (Lipinski definition) is 3. The fourth-order valence-electron chi connectivity index (χ4n) is 1.62. The summed E-state index contributed by atoms with van der Waals surface area (Å²) in [5.74, 6) is 0.0324. The van der Waals surface area contributed by atoms with Gasteiger partial charge in [-0.2, -0.15) is 28.5 Å².